The van der Waals surface area contributed by atoms with Gasteiger partial charge in [-0.3, -0.25) is 0 Å². The molecule has 0 aliphatic heterocycles. The third-order valence-electron chi connectivity index (χ3n) is 5.20. The van der Waals surface area contributed by atoms with Crippen LogP contribution in [-0.4, -0.2) is 31.8 Å². The molecule has 0 radical (unpaired) electrons. The van der Waals surface area contributed by atoms with E-state index in [1.165, 1.54) is 29.4 Å². The predicted molar refractivity (Wildman–Crippen MR) is 134 cm³/mol. The zero-order chi connectivity index (χ0) is 24.5. The number of hydrogen-bond donors (Lipinski definition) is 1. The van der Waals surface area contributed by atoms with E-state index >= 15 is 0 Å². The van der Waals surface area contributed by atoms with Crippen molar-refractivity contribution in [2.24, 2.45) is 5.92 Å². The second-order valence-electron chi connectivity index (χ2n) is 9.04. The van der Waals surface area contributed by atoms with E-state index in [4.69, 9.17) is 9.47 Å². The predicted octanol–water partition coefficient (Wildman–Crippen LogP) is 7.06. The lowest BCUT2D eigenvalue weighted by Crippen LogP contribution is -2.45. The zero-order valence-electron chi connectivity index (χ0n) is 21.5. The lowest BCUT2D eigenvalue weighted by atomic mass is 10.0. The fourth-order valence-corrected chi connectivity index (χ4v) is 3.04. The number of carbonyl (C=O) groups excluding carboxylic acids is 2. The van der Waals surface area contributed by atoms with Gasteiger partial charge in [-0.1, -0.05) is 54.4 Å². The number of nitrogens with one attached hydrogen (secondary N) is 1. The van der Waals surface area contributed by atoms with E-state index in [2.05, 4.69) is 51.2 Å². The van der Waals surface area contributed by atoms with Crippen LogP contribution < -0.4 is 5.32 Å². The van der Waals surface area contributed by atoms with Gasteiger partial charge in [0.25, 0.3) is 0 Å². The Morgan fingerprint density at radius 2 is 1.25 bits per heavy atom. The topological polar surface area (TPSA) is 64.6 Å². The summed E-state index contributed by atoms with van der Waals surface area (Å²) in [7, 11) is 1.30. The number of allylic oxidation sites excluding steroid dienone is 7. The molecule has 1 amide bonds. The third kappa shape index (κ3) is 15.5. The zero-order valence-corrected chi connectivity index (χ0v) is 21.5. The highest BCUT2D eigenvalue weighted by molar-refractivity contribution is 5.81. The highest BCUT2D eigenvalue weighted by atomic mass is 16.6. The van der Waals surface area contributed by atoms with Crippen LogP contribution >= 0.6 is 0 Å². The summed E-state index contributed by atoms with van der Waals surface area (Å²) in [4.78, 5) is 23.6. The molecule has 0 saturated heterocycles. The summed E-state index contributed by atoms with van der Waals surface area (Å²) in [6, 6.07) is -0.707. The Morgan fingerprint density at radius 1 is 0.781 bits per heavy atom. The molecule has 0 aliphatic rings. The average molecular weight is 448 g/mol. The monoisotopic (exact) mass is 447 g/mol. The molecule has 1 N–H and O–H groups in total. The lowest BCUT2D eigenvalue weighted by molar-refractivity contribution is -0.144. The van der Waals surface area contributed by atoms with Gasteiger partial charge in [-0.25, -0.2) is 9.59 Å². The summed E-state index contributed by atoms with van der Waals surface area (Å²) in [5, 5.41) is 2.56. The van der Waals surface area contributed by atoms with Gasteiger partial charge < -0.3 is 14.8 Å². The van der Waals surface area contributed by atoms with Crippen molar-refractivity contribution in [1.82, 2.24) is 5.32 Å². The van der Waals surface area contributed by atoms with Gasteiger partial charge in [0.05, 0.1) is 7.11 Å². The van der Waals surface area contributed by atoms with Crippen LogP contribution in [0, 0.1) is 5.92 Å². The molecule has 0 heterocycles. The van der Waals surface area contributed by atoms with Crippen molar-refractivity contribution in [3.05, 3.63) is 46.6 Å². The maximum Gasteiger partial charge on any atom is 0.408 e. The van der Waals surface area contributed by atoms with Crippen molar-refractivity contribution in [1.29, 1.82) is 0 Å². The first-order valence-corrected chi connectivity index (χ1v) is 11.7. The Balaban J connectivity index is 4.23. The molecule has 1 atom stereocenters. The summed E-state index contributed by atoms with van der Waals surface area (Å²) in [6.07, 6.45) is 14.6. The number of ether oxygens (including phenoxy) is 2. The van der Waals surface area contributed by atoms with Gasteiger partial charge in [0.2, 0.25) is 0 Å². The molecule has 0 unspecified atom stereocenters. The van der Waals surface area contributed by atoms with Crippen molar-refractivity contribution in [2.75, 3.05) is 13.7 Å². The van der Waals surface area contributed by atoms with Gasteiger partial charge in [0.15, 0.2) is 0 Å². The highest BCUT2D eigenvalue weighted by Crippen LogP contribution is 2.13. The molecule has 0 aromatic carbocycles. The van der Waals surface area contributed by atoms with Gasteiger partial charge >= 0.3 is 12.1 Å². The van der Waals surface area contributed by atoms with Crippen LogP contribution in [-0.2, 0) is 14.3 Å². The summed E-state index contributed by atoms with van der Waals surface area (Å²) in [6.45, 7) is 14.6. The normalized spacial score (nSPS) is 13.6. The van der Waals surface area contributed by atoms with E-state index < -0.39 is 18.1 Å². The lowest BCUT2D eigenvalue weighted by Gasteiger charge is -2.19. The minimum atomic E-state index is -0.707. The number of esters is 1. The van der Waals surface area contributed by atoms with Gasteiger partial charge in [-0.05, 0) is 85.1 Å². The number of rotatable bonds is 14. The maximum absolute atomic E-state index is 11.9. The van der Waals surface area contributed by atoms with Crippen molar-refractivity contribution < 1.29 is 19.1 Å². The smallest absolute Gasteiger partial charge is 0.408 e. The van der Waals surface area contributed by atoms with E-state index in [0.29, 0.717) is 0 Å². The average Bonchev–Trinajstić information content (AvgIpc) is 2.71. The van der Waals surface area contributed by atoms with Gasteiger partial charge in [0, 0.05) is 0 Å². The molecule has 0 aromatic heterocycles. The Bertz CT molecular complexity index is 694. The number of methoxy groups -OCH3 is 1. The molecule has 5 heteroatoms. The van der Waals surface area contributed by atoms with Crippen LogP contribution in [0.15, 0.2) is 46.6 Å². The number of hydrogen-bond acceptors (Lipinski definition) is 4. The SMILES string of the molecule is COC(=O)[C@@H](NC(=O)OC/C=C(\C)CC/C=C(\C)CC/C=C(\C)CCC=C(C)C)C(C)C. The number of amides is 1. The largest absolute Gasteiger partial charge is 0.467 e. The first-order chi connectivity index (χ1) is 15.1. The van der Waals surface area contributed by atoms with E-state index in [-0.39, 0.29) is 12.5 Å². The van der Waals surface area contributed by atoms with Crippen molar-refractivity contribution in [3.8, 4) is 0 Å². The second-order valence-corrected chi connectivity index (χ2v) is 9.04. The maximum atomic E-state index is 11.9. The third-order valence-corrected chi connectivity index (χ3v) is 5.20. The van der Waals surface area contributed by atoms with Crippen molar-refractivity contribution in [2.45, 2.75) is 93.0 Å². The fraction of sp³-hybridized carbons (Fsp3) is 0.630. The summed E-state index contributed by atoms with van der Waals surface area (Å²) in [5.41, 5.74) is 5.42. The van der Waals surface area contributed by atoms with Gasteiger partial charge in [-0.15, -0.1) is 0 Å². The van der Waals surface area contributed by atoms with Crippen molar-refractivity contribution in [3.63, 3.8) is 0 Å². The van der Waals surface area contributed by atoms with Gasteiger partial charge in [0.1, 0.15) is 12.6 Å². The molecular weight excluding hydrogens is 402 g/mol. The van der Waals surface area contributed by atoms with Crippen LogP contribution in [0.3, 0.4) is 0 Å². The molecule has 0 bridgehead atoms. The fourth-order valence-electron chi connectivity index (χ4n) is 3.04. The molecule has 0 aromatic rings. The summed E-state index contributed by atoms with van der Waals surface area (Å²) in [5.74, 6) is -0.551. The first-order valence-electron chi connectivity index (χ1n) is 11.7. The summed E-state index contributed by atoms with van der Waals surface area (Å²) >= 11 is 0. The molecule has 0 spiro atoms. The van der Waals surface area contributed by atoms with E-state index in [1.54, 1.807) is 0 Å². The highest BCUT2D eigenvalue weighted by Gasteiger charge is 2.25. The van der Waals surface area contributed by atoms with Crippen molar-refractivity contribution >= 4 is 12.1 Å². The van der Waals surface area contributed by atoms with Crippen LogP contribution in [0.4, 0.5) is 4.79 Å². The molecule has 182 valence electrons. The Morgan fingerprint density at radius 3 is 1.69 bits per heavy atom. The van der Waals surface area contributed by atoms with E-state index in [9.17, 15) is 9.59 Å². The Kier molecular flexibility index (Phi) is 16.0. The van der Waals surface area contributed by atoms with E-state index in [1.807, 2.05) is 26.8 Å². The Hall–Kier alpha value is -2.30. The van der Waals surface area contributed by atoms with Crippen LogP contribution in [0.2, 0.25) is 0 Å². The molecule has 0 saturated carbocycles. The molecular formula is C27H45NO4. The van der Waals surface area contributed by atoms with Crippen LogP contribution in [0.25, 0.3) is 0 Å². The second kappa shape index (κ2) is 17.3. The number of carbonyl (C=O) groups is 2. The molecule has 0 aliphatic carbocycles. The van der Waals surface area contributed by atoms with Gasteiger partial charge in [-0.2, -0.15) is 0 Å². The molecule has 5 nitrogen and oxygen atoms in total. The molecule has 0 rings (SSSR count). The quantitative estimate of drug-likeness (QED) is 0.229. The van der Waals surface area contributed by atoms with Crippen LogP contribution in [0.5, 0.6) is 0 Å². The minimum absolute atomic E-state index is 0.0795. The number of alkyl carbamates (subject to hydrolysis) is 1. The standard InChI is InChI=1S/C27H45NO4/c1-20(2)12-9-13-22(5)14-10-15-23(6)16-11-17-24(7)18-19-32-27(30)28-25(21(3)4)26(29)31-8/h12,14,16,18,21,25H,9-11,13,15,17,19H2,1-8H3,(H,28,30)/b22-14+,23-16+,24-18+/t25-/m0/s1. The van der Waals surface area contributed by atoms with Crippen LogP contribution in [0.1, 0.15) is 87.0 Å². The van der Waals surface area contributed by atoms with E-state index in [0.717, 1.165) is 38.5 Å². The Labute approximate surface area is 196 Å². The molecule has 0 fully saturated rings. The summed E-state index contributed by atoms with van der Waals surface area (Å²) < 4.78 is 9.88. The minimum Gasteiger partial charge on any atom is -0.467 e. The first kappa shape index (κ1) is 29.7. The molecule has 32 heavy (non-hydrogen) atoms.